The minimum Gasteiger partial charge on any atom is -0.366 e. The molecule has 0 amide bonds. The van der Waals surface area contributed by atoms with Gasteiger partial charge in [0, 0.05) is 29.6 Å². The van der Waals surface area contributed by atoms with E-state index < -0.39 is 0 Å². The number of nitriles is 1. The number of anilines is 3. The van der Waals surface area contributed by atoms with Crippen molar-refractivity contribution in [1.29, 1.82) is 5.26 Å². The molecule has 0 fully saturated rings. The molecule has 5 nitrogen and oxygen atoms in total. The van der Waals surface area contributed by atoms with Crippen LogP contribution in [-0.2, 0) is 6.54 Å². The predicted octanol–water partition coefficient (Wildman–Crippen LogP) is 4.15. The molecule has 0 aliphatic rings. The molecule has 2 aromatic carbocycles. The van der Waals surface area contributed by atoms with E-state index in [1.165, 1.54) is 6.07 Å². The number of nitrogens with one attached hydrogen (secondary N) is 2. The van der Waals surface area contributed by atoms with E-state index in [2.05, 4.69) is 26.7 Å². The van der Waals surface area contributed by atoms with Crippen molar-refractivity contribution in [1.82, 2.24) is 9.97 Å². The quantitative estimate of drug-likeness (QED) is 0.734. The van der Waals surface area contributed by atoms with Crippen molar-refractivity contribution in [2.75, 3.05) is 10.6 Å². The van der Waals surface area contributed by atoms with E-state index in [0.717, 1.165) is 11.4 Å². The van der Waals surface area contributed by atoms with E-state index in [1.807, 2.05) is 13.0 Å². The average molecular weight is 333 g/mol. The van der Waals surface area contributed by atoms with Gasteiger partial charge in [0.25, 0.3) is 0 Å². The second-order valence-corrected chi connectivity index (χ2v) is 5.48. The van der Waals surface area contributed by atoms with Gasteiger partial charge in [-0.2, -0.15) is 10.2 Å². The molecule has 6 heteroatoms. The van der Waals surface area contributed by atoms with Crippen molar-refractivity contribution in [3.05, 3.63) is 77.2 Å². The fourth-order valence-corrected chi connectivity index (χ4v) is 2.34. The Kier molecular flexibility index (Phi) is 4.86. The molecule has 124 valence electrons. The Hall–Kier alpha value is -3.46. The number of nitrogens with zero attached hydrogens (tertiary/aromatic N) is 3. The van der Waals surface area contributed by atoms with Gasteiger partial charge in [0.05, 0.1) is 11.6 Å². The van der Waals surface area contributed by atoms with Crippen LogP contribution in [0.1, 0.15) is 16.8 Å². The van der Waals surface area contributed by atoms with Gasteiger partial charge in [-0.15, -0.1) is 0 Å². The van der Waals surface area contributed by atoms with Crippen molar-refractivity contribution in [3.8, 4) is 6.07 Å². The van der Waals surface area contributed by atoms with Crippen LogP contribution in [0.4, 0.5) is 21.8 Å². The summed E-state index contributed by atoms with van der Waals surface area (Å²) < 4.78 is 13.7. The zero-order chi connectivity index (χ0) is 17.6. The molecule has 0 aliphatic heterocycles. The molecule has 0 spiro atoms. The van der Waals surface area contributed by atoms with Crippen LogP contribution < -0.4 is 10.6 Å². The molecule has 1 heterocycles. The first-order valence-corrected chi connectivity index (χ1v) is 7.74. The zero-order valence-corrected chi connectivity index (χ0v) is 13.6. The molecule has 0 bridgehead atoms. The Bertz CT molecular complexity index is 933. The summed E-state index contributed by atoms with van der Waals surface area (Å²) in [6.07, 6.45) is 0. The molecule has 1 aromatic heterocycles. The number of halogens is 1. The maximum atomic E-state index is 13.7. The van der Waals surface area contributed by atoms with Crippen LogP contribution >= 0.6 is 0 Å². The Morgan fingerprint density at radius 3 is 2.72 bits per heavy atom. The molecule has 0 unspecified atom stereocenters. The monoisotopic (exact) mass is 333 g/mol. The lowest BCUT2D eigenvalue weighted by Gasteiger charge is -2.10. The fourth-order valence-electron chi connectivity index (χ4n) is 2.34. The smallest absolute Gasteiger partial charge is 0.229 e. The minimum absolute atomic E-state index is 0.257. The number of hydrogen-bond donors (Lipinski definition) is 2. The van der Waals surface area contributed by atoms with Crippen molar-refractivity contribution >= 4 is 17.5 Å². The first kappa shape index (κ1) is 16.4. The summed E-state index contributed by atoms with van der Waals surface area (Å²) in [6.45, 7) is 2.18. The van der Waals surface area contributed by atoms with Gasteiger partial charge in [-0.25, -0.2) is 9.37 Å². The largest absolute Gasteiger partial charge is 0.366 e. The standard InChI is InChI=1S/C19H16FN5/c1-13-9-18(22-12-15-6-2-3-8-17(15)20)25-19(23-13)24-16-7-4-5-14(10-16)11-21/h2-10H,12H2,1H3,(H2,22,23,24,25). The molecule has 3 aromatic rings. The van der Waals surface area contributed by atoms with E-state index in [0.29, 0.717) is 29.4 Å². The summed E-state index contributed by atoms with van der Waals surface area (Å²) in [7, 11) is 0. The second-order valence-electron chi connectivity index (χ2n) is 5.48. The number of hydrogen-bond acceptors (Lipinski definition) is 5. The van der Waals surface area contributed by atoms with Crippen LogP contribution in [0.15, 0.2) is 54.6 Å². The van der Waals surface area contributed by atoms with Crippen molar-refractivity contribution in [2.45, 2.75) is 13.5 Å². The highest BCUT2D eigenvalue weighted by Crippen LogP contribution is 2.17. The van der Waals surface area contributed by atoms with E-state index in [-0.39, 0.29) is 5.82 Å². The lowest BCUT2D eigenvalue weighted by molar-refractivity contribution is 0.613. The zero-order valence-electron chi connectivity index (χ0n) is 13.6. The van der Waals surface area contributed by atoms with E-state index in [9.17, 15) is 4.39 Å². The van der Waals surface area contributed by atoms with Crippen molar-refractivity contribution < 1.29 is 4.39 Å². The third-order valence-corrected chi connectivity index (χ3v) is 3.52. The van der Waals surface area contributed by atoms with Gasteiger partial charge in [0.2, 0.25) is 5.95 Å². The first-order chi connectivity index (χ1) is 12.1. The molecular formula is C19H16FN5. The van der Waals surface area contributed by atoms with E-state index in [1.54, 1.807) is 42.5 Å². The molecule has 25 heavy (non-hydrogen) atoms. The van der Waals surface area contributed by atoms with Gasteiger partial charge < -0.3 is 10.6 Å². The Labute approximate surface area is 145 Å². The van der Waals surface area contributed by atoms with Gasteiger partial charge >= 0.3 is 0 Å². The van der Waals surface area contributed by atoms with Gasteiger partial charge in [-0.3, -0.25) is 0 Å². The highest BCUT2D eigenvalue weighted by molar-refractivity contribution is 5.57. The van der Waals surface area contributed by atoms with Crippen molar-refractivity contribution in [2.24, 2.45) is 0 Å². The third kappa shape index (κ3) is 4.30. The topological polar surface area (TPSA) is 73.6 Å². The molecule has 0 saturated carbocycles. The Balaban J connectivity index is 1.76. The van der Waals surface area contributed by atoms with Crippen LogP contribution in [0.2, 0.25) is 0 Å². The van der Waals surface area contributed by atoms with Crippen LogP contribution in [0.5, 0.6) is 0 Å². The number of benzene rings is 2. The maximum Gasteiger partial charge on any atom is 0.229 e. The van der Waals surface area contributed by atoms with Gasteiger partial charge in [0.1, 0.15) is 11.6 Å². The summed E-state index contributed by atoms with van der Waals surface area (Å²) in [4.78, 5) is 8.73. The van der Waals surface area contributed by atoms with Crippen LogP contribution in [0.3, 0.4) is 0 Å². The van der Waals surface area contributed by atoms with Crippen molar-refractivity contribution in [3.63, 3.8) is 0 Å². The van der Waals surface area contributed by atoms with Crippen LogP contribution in [-0.4, -0.2) is 9.97 Å². The summed E-state index contributed by atoms with van der Waals surface area (Å²) >= 11 is 0. The first-order valence-electron chi connectivity index (χ1n) is 7.74. The highest BCUT2D eigenvalue weighted by atomic mass is 19.1. The van der Waals surface area contributed by atoms with Crippen LogP contribution in [0, 0.1) is 24.1 Å². The summed E-state index contributed by atoms with van der Waals surface area (Å²) in [5.41, 5.74) is 2.61. The normalized spacial score (nSPS) is 10.1. The van der Waals surface area contributed by atoms with Gasteiger partial charge in [-0.1, -0.05) is 24.3 Å². The maximum absolute atomic E-state index is 13.7. The Morgan fingerprint density at radius 2 is 1.92 bits per heavy atom. The molecule has 0 atom stereocenters. The van der Waals surface area contributed by atoms with Gasteiger partial charge in [-0.05, 0) is 31.2 Å². The third-order valence-electron chi connectivity index (χ3n) is 3.52. The number of aryl methyl sites for hydroxylation is 1. The molecule has 3 rings (SSSR count). The molecule has 0 saturated heterocycles. The lowest BCUT2D eigenvalue weighted by Crippen LogP contribution is -2.06. The summed E-state index contributed by atoms with van der Waals surface area (Å²) in [6, 6.07) is 17.5. The number of rotatable bonds is 5. The van der Waals surface area contributed by atoms with E-state index >= 15 is 0 Å². The Morgan fingerprint density at radius 1 is 1.08 bits per heavy atom. The minimum atomic E-state index is -0.257. The second kappa shape index (κ2) is 7.41. The average Bonchev–Trinajstić information content (AvgIpc) is 2.61. The molecule has 2 N–H and O–H groups in total. The molecule has 0 radical (unpaired) electrons. The predicted molar refractivity (Wildman–Crippen MR) is 94.9 cm³/mol. The van der Waals surface area contributed by atoms with Crippen LogP contribution in [0.25, 0.3) is 0 Å². The van der Waals surface area contributed by atoms with E-state index in [4.69, 9.17) is 5.26 Å². The summed E-state index contributed by atoms with van der Waals surface area (Å²) in [5, 5.41) is 15.2. The number of aromatic nitrogens is 2. The molecule has 0 aliphatic carbocycles. The lowest BCUT2D eigenvalue weighted by atomic mass is 10.2. The van der Waals surface area contributed by atoms with Gasteiger partial charge in [0.15, 0.2) is 0 Å². The SMILES string of the molecule is Cc1cc(NCc2ccccc2F)nc(Nc2cccc(C#N)c2)n1. The fraction of sp³-hybridized carbons (Fsp3) is 0.105. The summed E-state index contributed by atoms with van der Waals surface area (Å²) in [5.74, 6) is 0.744. The highest BCUT2D eigenvalue weighted by Gasteiger charge is 2.05. The molecular weight excluding hydrogens is 317 g/mol.